The van der Waals surface area contributed by atoms with Gasteiger partial charge in [-0.25, -0.2) is 0 Å². The lowest BCUT2D eigenvalue weighted by atomic mass is 10.0. The molecule has 1 fully saturated rings. The molecule has 0 aromatic heterocycles. The highest BCUT2D eigenvalue weighted by Crippen LogP contribution is 2.33. The minimum atomic E-state index is -0.239. The maximum atomic E-state index is 13.2. The van der Waals surface area contributed by atoms with Gasteiger partial charge >= 0.3 is 0 Å². The van der Waals surface area contributed by atoms with Crippen LogP contribution in [0.5, 0.6) is 0 Å². The Balaban J connectivity index is 1.92. The van der Waals surface area contributed by atoms with E-state index in [4.69, 9.17) is 0 Å². The molecule has 0 saturated carbocycles. The summed E-state index contributed by atoms with van der Waals surface area (Å²) in [7, 11) is 0. The fourth-order valence-electron chi connectivity index (χ4n) is 3.50. The Morgan fingerprint density at radius 3 is 2.07 bits per heavy atom. The number of anilines is 2. The molecule has 6 heteroatoms. The Morgan fingerprint density at radius 1 is 0.926 bits per heavy atom. The SMILES string of the molecule is CC(=O)Nc1cc(NC(C)=O)cc(C(=O)N2CCCC2c2ccccc2)c1. The second kappa shape index (κ2) is 8.03. The van der Waals surface area contributed by atoms with Gasteiger partial charge in [0.1, 0.15) is 0 Å². The predicted octanol–water partition coefficient (Wildman–Crippen LogP) is 3.58. The van der Waals surface area contributed by atoms with Crippen molar-refractivity contribution in [3.63, 3.8) is 0 Å². The van der Waals surface area contributed by atoms with Crippen molar-refractivity contribution < 1.29 is 14.4 Å². The van der Waals surface area contributed by atoms with Crippen molar-refractivity contribution in [1.82, 2.24) is 4.90 Å². The number of carbonyl (C=O) groups excluding carboxylic acids is 3. The van der Waals surface area contributed by atoms with E-state index in [0.29, 0.717) is 23.5 Å². The first-order valence-electron chi connectivity index (χ1n) is 9.00. The van der Waals surface area contributed by atoms with Crippen LogP contribution >= 0.6 is 0 Å². The molecule has 27 heavy (non-hydrogen) atoms. The summed E-state index contributed by atoms with van der Waals surface area (Å²) in [6.45, 7) is 3.48. The number of rotatable bonds is 4. The highest BCUT2D eigenvalue weighted by molar-refractivity contribution is 6.00. The third kappa shape index (κ3) is 4.53. The maximum absolute atomic E-state index is 13.2. The van der Waals surface area contributed by atoms with Gasteiger partial charge in [0.2, 0.25) is 11.8 Å². The Bertz CT molecular complexity index is 830. The second-order valence-electron chi connectivity index (χ2n) is 6.73. The maximum Gasteiger partial charge on any atom is 0.254 e. The van der Waals surface area contributed by atoms with Crippen LogP contribution in [0.3, 0.4) is 0 Å². The minimum absolute atomic E-state index is 0.0346. The number of benzene rings is 2. The minimum Gasteiger partial charge on any atom is -0.332 e. The van der Waals surface area contributed by atoms with E-state index < -0.39 is 0 Å². The summed E-state index contributed by atoms with van der Waals surface area (Å²) in [5, 5.41) is 5.37. The molecular formula is C21H23N3O3. The summed E-state index contributed by atoms with van der Waals surface area (Å²) < 4.78 is 0. The molecule has 1 unspecified atom stereocenters. The van der Waals surface area contributed by atoms with Crippen molar-refractivity contribution >= 4 is 29.1 Å². The lowest BCUT2D eigenvalue weighted by Gasteiger charge is -2.25. The van der Waals surface area contributed by atoms with E-state index in [-0.39, 0.29) is 23.8 Å². The van der Waals surface area contributed by atoms with Gasteiger partial charge in [-0.3, -0.25) is 14.4 Å². The number of carbonyl (C=O) groups is 3. The lowest BCUT2D eigenvalue weighted by molar-refractivity contribution is -0.115. The van der Waals surface area contributed by atoms with E-state index in [1.165, 1.54) is 13.8 Å². The number of nitrogens with zero attached hydrogens (tertiary/aromatic N) is 1. The molecule has 2 N–H and O–H groups in total. The number of hydrogen-bond acceptors (Lipinski definition) is 3. The van der Waals surface area contributed by atoms with Gasteiger partial charge in [0.25, 0.3) is 5.91 Å². The summed E-state index contributed by atoms with van der Waals surface area (Å²) >= 11 is 0. The first-order valence-corrected chi connectivity index (χ1v) is 9.00. The third-order valence-corrected chi connectivity index (χ3v) is 4.52. The summed E-state index contributed by atoms with van der Waals surface area (Å²) in [6.07, 6.45) is 1.86. The number of nitrogens with one attached hydrogen (secondary N) is 2. The Hall–Kier alpha value is -3.15. The van der Waals surface area contributed by atoms with E-state index in [9.17, 15) is 14.4 Å². The van der Waals surface area contributed by atoms with Gasteiger partial charge in [-0.1, -0.05) is 30.3 Å². The number of likely N-dealkylation sites (tertiary alicyclic amines) is 1. The average Bonchev–Trinajstić information content (AvgIpc) is 3.10. The van der Waals surface area contributed by atoms with Crippen molar-refractivity contribution in [2.24, 2.45) is 0 Å². The van der Waals surface area contributed by atoms with E-state index in [0.717, 1.165) is 18.4 Å². The summed E-state index contributed by atoms with van der Waals surface area (Å²) in [5.41, 5.74) is 2.51. The molecule has 1 saturated heterocycles. The van der Waals surface area contributed by atoms with E-state index in [1.807, 2.05) is 35.2 Å². The lowest BCUT2D eigenvalue weighted by Crippen LogP contribution is -2.30. The third-order valence-electron chi connectivity index (χ3n) is 4.52. The number of hydrogen-bond donors (Lipinski definition) is 2. The molecule has 0 radical (unpaired) electrons. The molecule has 0 spiro atoms. The molecule has 0 aliphatic carbocycles. The fraction of sp³-hybridized carbons (Fsp3) is 0.286. The molecule has 140 valence electrons. The first kappa shape index (κ1) is 18.6. The Kier molecular flexibility index (Phi) is 5.54. The fourth-order valence-corrected chi connectivity index (χ4v) is 3.50. The Morgan fingerprint density at radius 2 is 1.52 bits per heavy atom. The molecular weight excluding hydrogens is 342 g/mol. The van der Waals surface area contributed by atoms with Crippen LogP contribution in [0.2, 0.25) is 0 Å². The van der Waals surface area contributed by atoms with Crippen LogP contribution in [0.15, 0.2) is 48.5 Å². The zero-order valence-electron chi connectivity index (χ0n) is 15.5. The van der Waals surface area contributed by atoms with Crippen LogP contribution in [-0.4, -0.2) is 29.2 Å². The monoisotopic (exact) mass is 365 g/mol. The van der Waals surface area contributed by atoms with Crippen LogP contribution in [0.25, 0.3) is 0 Å². The van der Waals surface area contributed by atoms with Gasteiger partial charge in [-0.05, 0) is 36.6 Å². The van der Waals surface area contributed by atoms with Crippen molar-refractivity contribution in [3.05, 3.63) is 59.7 Å². The highest BCUT2D eigenvalue weighted by Gasteiger charge is 2.30. The first-order chi connectivity index (χ1) is 12.9. The molecule has 1 atom stereocenters. The van der Waals surface area contributed by atoms with Gasteiger partial charge in [0.05, 0.1) is 6.04 Å². The van der Waals surface area contributed by atoms with Crippen LogP contribution in [0, 0.1) is 0 Å². The molecule has 2 aromatic rings. The predicted molar refractivity (Wildman–Crippen MR) is 105 cm³/mol. The molecule has 1 heterocycles. The van der Waals surface area contributed by atoms with Crippen LogP contribution < -0.4 is 10.6 Å². The zero-order chi connectivity index (χ0) is 19.4. The van der Waals surface area contributed by atoms with Crippen molar-refractivity contribution in [2.45, 2.75) is 32.7 Å². The smallest absolute Gasteiger partial charge is 0.254 e. The second-order valence-corrected chi connectivity index (χ2v) is 6.73. The zero-order valence-corrected chi connectivity index (χ0v) is 15.5. The highest BCUT2D eigenvalue weighted by atomic mass is 16.2. The van der Waals surface area contributed by atoms with E-state index in [2.05, 4.69) is 10.6 Å². The average molecular weight is 365 g/mol. The molecule has 3 amide bonds. The van der Waals surface area contributed by atoms with Gasteiger partial charge in [-0.15, -0.1) is 0 Å². The molecule has 2 aromatic carbocycles. The van der Waals surface area contributed by atoms with Crippen LogP contribution in [0.1, 0.15) is 48.7 Å². The molecule has 0 bridgehead atoms. The van der Waals surface area contributed by atoms with Gasteiger partial charge < -0.3 is 15.5 Å². The molecule has 6 nitrogen and oxygen atoms in total. The number of amides is 3. The summed E-state index contributed by atoms with van der Waals surface area (Å²) in [6, 6.07) is 14.9. The topological polar surface area (TPSA) is 78.5 Å². The molecule has 1 aliphatic heterocycles. The molecule has 1 aliphatic rings. The van der Waals surface area contributed by atoms with Crippen LogP contribution in [0.4, 0.5) is 11.4 Å². The summed E-state index contributed by atoms with van der Waals surface area (Å²) in [5.74, 6) is -0.589. The van der Waals surface area contributed by atoms with Crippen molar-refractivity contribution in [3.8, 4) is 0 Å². The molecule has 3 rings (SSSR count). The van der Waals surface area contributed by atoms with Gasteiger partial charge in [0, 0.05) is 37.3 Å². The van der Waals surface area contributed by atoms with Crippen molar-refractivity contribution in [2.75, 3.05) is 17.2 Å². The van der Waals surface area contributed by atoms with Gasteiger partial charge in [-0.2, -0.15) is 0 Å². The largest absolute Gasteiger partial charge is 0.332 e. The Labute approximate surface area is 158 Å². The van der Waals surface area contributed by atoms with Crippen LogP contribution in [-0.2, 0) is 9.59 Å². The quantitative estimate of drug-likeness (QED) is 0.869. The van der Waals surface area contributed by atoms with E-state index >= 15 is 0 Å². The van der Waals surface area contributed by atoms with Gasteiger partial charge in [0.15, 0.2) is 0 Å². The summed E-state index contributed by atoms with van der Waals surface area (Å²) in [4.78, 5) is 37.9. The normalized spacial score (nSPS) is 16.1. The van der Waals surface area contributed by atoms with E-state index in [1.54, 1.807) is 18.2 Å². The van der Waals surface area contributed by atoms with Crippen molar-refractivity contribution in [1.29, 1.82) is 0 Å². The standard InChI is InChI=1S/C21H23N3O3/c1-14(25)22-18-11-17(12-19(13-18)23-15(2)26)21(27)24-10-6-9-20(24)16-7-4-3-5-8-16/h3-5,7-8,11-13,20H,6,9-10H2,1-2H3,(H,22,25)(H,23,26).